The van der Waals surface area contributed by atoms with Crippen LogP contribution in [0, 0.1) is 27.7 Å². The second-order valence-electron chi connectivity index (χ2n) is 11.7. The Morgan fingerprint density at radius 3 is 0.822 bits per heavy atom. The Labute approximate surface area is 269 Å². The standard InChI is InChI=1S/C41H40N2P2/c1-32-19-17-20-33(2)40(32)42-44(36-23-9-5-10-24-36,37-25-11-6-12-26-37)31-45(38-27-13-7-14-28-38,39-29-15-8-16-30-39)43-41-34(3)21-18-22-35(41)4/h5-30H,31H2,1-4H3. The normalized spacial score (nSPS) is 11.6. The number of aryl methyl sites for hydroxylation is 4. The fraction of sp³-hybridized carbons (Fsp3) is 0.122. The smallest absolute Gasteiger partial charge is 0.0679 e. The molecule has 0 aliphatic heterocycles. The fourth-order valence-electron chi connectivity index (χ4n) is 6.18. The minimum Gasteiger partial charge on any atom is -0.257 e. The summed E-state index contributed by atoms with van der Waals surface area (Å²) in [6, 6.07) is 57.2. The lowest BCUT2D eigenvalue weighted by Crippen LogP contribution is -2.25. The summed E-state index contributed by atoms with van der Waals surface area (Å²) >= 11 is 0. The molecule has 0 radical (unpaired) electrons. The molecule has 0 saturated carbocycles. The molecule has 0 aliphatic carbocycles. The van der Waals surface area contributed by atoms with Gasteiger partial charge in [-0.2, -0.15) is 0 Å². The van der Waals surface area contributed by atoms with E-state index in [1.165, 1.54) is 43.5 Å². The van der Waals surface area contributed by atoms with Crippen molar-refractivity contribution in [3.05, 3.63) is 180 Å². The van der Waals surface area contributed by atoms with Crippen LogP contribution >= 0.6 is 14.1 Å². The van der Waals surface area contributed by atoms with Crippen LogP contribution in [0.2, 0.25) is 0 Å². The molecule has 6 aromatic carbocycles. The Balaban J connectivity index is 1.84. The van der Waals surface area contributed by atoms with Crippen molar-refractivity contribution >= 4 is 46.7 Å². The molecule has 4 heteroatoms. The van der Waals surface area contributed by atoms with Crippen LogP contribution in [0.1, 0.15) is 22.3 Å². The summed E-state index contributed by atoms with van der Waals surface area (Å²) in [5.74, 6) is 0.795. The van der Waals surface area contributed by atoms with Gasteiger partial charge in [0.2, 0.25) is 0 Å². The van der Waals surface area contributed by atoms with Crippen LogP contribution in [0.3, 0.4) is 0 Å². The Morgan fingerprint density at radius 1 is 0.333 bits per heavy atom. The molecule has 0 saturated heterocycles. The highest BCUT2D eigenvalue weighted by molar-refractivity contribution is 7.96. The van der Waals surface area contributed by atoms with E-state index < -0.39 is 14.1 Å². The molecule has 0 fully saturated rings. The molecule has 0 unspecified atom stereocenters. The first kappa shape index (κ1) is 30.8. The van der Waals surface area contributed by atoms with Gasteiger partial charge in [-0.25, -0.2) is 0 Å². The van der Waals surface area contributed by atoms with Gasteiger partial charge in [0.25, 0.3) is 0 Å². The van der Waals surface area contributed by atoms with Gasteiger partial charge < -0.3 is 0 Å². The molecule has 2 nitrogen and oxygen atoms in total. The summed E-state index contributed by atoms with van der Waals surface area (Å²) in [5.41, 5.74) is 6.96. The van der Waals surface area contributed by atoms with Crippen LogP contribution < -0.4 is 21.2 Å². The third kappa shape index (κ3) is 6.19. The third-order valence-corrected chi connectivity index (χ3v) is 17.5. The summed E-state index contributed by atoms with van der Waals surface area (Å²) in [6.07, 6.45) is 0. The fourth-order valence-corrected chi connectivity index (χ4v) is 16.7. The number of nitrogens with zero attached hydrogens (tertiary/aromatic N) is 2. The van der Waals surface area contributed by atoms with E-state index >= 15 is 0 Å². The third-order valence-electron chi connectivity index (χ3n) is 8.56. The highest BCUT2D eigenvalue weighted by Gasteiger charge is 2.36. The van der Waals surface area contributed by atoms with Gasteiger partial charge in [0.1, 0.15) is 0 Å². The monoisotopic (exact) mass is 622 g/mol. The topological polar surface area (TPSA) is 24.7 Å². The molecule has 0 spiro atoms. The second-order valence-corrected chi connectivity index (χ2v) is 18.4. The quantitative estimate of drug-likeness (QED) is 0.151. The van der Waals surface area contributed by atoms with Gasteiger partial charge in [-0.15, -0.1) is 0 Å². The van der Waals surface area contributed by atoms with E-state index in [0.717, 1.165) is 17.3 Å². The van der Waals surface area contributed by atoms with Crippen LogP contribution in [-0.2, 0) is 0 Å². The Morgan fingerprint density at radius 2 is 0.578 bits per heavy atom. The predicted octanol–water partition coefficient (Wildman–Crippen LogP) is 10.5. The van der Waals surface area contributed by atoms with E-state index in [9.17, 15) is 0 Å². The van der Waals surface area contributed by atoms with Gasteiger partial charge in [0.05, 0.1) is 11.4 Å². The molecule has 6 aromatic rings. The molecule has 0 amide bonds. The zero-order chi connectivity index (χ0) is 31.3. The van der Waals surface area contributed by atoms with E-state index in [1.54, 1.807) is 0 Å². The average Bonchev–Trinajstić information content (AvgIpc) is 3.08. The minimum atomic E-state index is -2.52. The lowest BCUT2D eigenvalue weighted by atomic mass is 10.1. The molecular formula is C41H40N2P2. The number of benzene rings is 6. The maximum atomic E-state index is 6.03. The molecule has 0 atom stereocenters. The first-order valence-corrected chi connectivity index (χ1v) is 19.4. The number of rotatable bonds is 8. The summed E-state index contributed by atoms with van der Waals surface area (Å²) in [7, 11) is -5.03. The largest absolute Gasteiger partial charge is 0.257 e. The van der Waals surface area contributed by atoms with Crippen LogP contribution in [0.4, 0.5) is 11.4 Å². The lowest BCUT2D eigenvalue weighted by Gasteiger charge is -2.35. The van der Waals surface area contributed by atoms with Crippen LogP contribution in [-0.4, -0.2) is 5.90 Å². The summed E-state index contributed by atoms with van der Waals surface area (Å²) in [5, 5.41) is 5.08. The Kier molecular flexibility index (Phi) is 9.18. The van der Waals surface area contributed by atoms with Gasteiger partial charge in [0, 0.05) is 20.0 Å². The molecule has 0 N–H and O–H groups in total. The highest BCUT2D eigenvalue weighted by Crippen LogP contribution is 2.65. The van der Waals surface area contributed by atoms with Gasteiger partial charge in [0.15, 0.2) is 0 Å². The van der Waals surface area contributed by atoms with Gasteiger partial charge in [-0.05, 0) is 71.2 Å². The van der Waals surface area contributed by atoms with E-state index in [-0.39, 0.29) is 0 Å². The van der Waals surface area contributed by atoms with Gasteiger partial charge in [-0.1, -0.05) is 158 Å². The summed E-state index contributed by atoms with van der Waals surface area (Å²) in [4.78, 5) is 0. The van der Waals surface area contributed by atoms with Crippen molar-refractivity contribution < 1.29 is 0 Å². The van der Waals surface area contributed by atoms with Crippen LogP contribution in [0.25, 0.3) is 0 Å². The lowest BCUT2D eigenvalue weighted by molar-refractivity contribution is 1.33. The first-order valence-electron chi connectivity index (χ1n) is 15.5. The Bertz CT molecular complexity index is 1740. The zero-order valence-corrected chi connectivity index (χ0v) is 28.3. The SMILES string of the molecule is Cc1cccc(C)c1N=P(CP(=Nc1c(C)cccc1C)(c1ccccc1)c1ccccc1)(c1ccccc1)c1ccccc1. The summed E-state index contributed by atoms with van der Waals surface area (Å²) in [6.45, 7) is 8.76. The maximum Gasteiger partial charge on any atom is 0.0679 e. The van der Waals surface area contributed by atoms with Crippen molar-refractivity contribution in [1.29, 1.82) is 0 Å². The van der Waals surface area contributed by atoms with Crippen molar-refractivity contribution in [2.45, 2.75) is 27.7 Å². The van der Waals surface area contributed by atoms with Gasteiger partial charge in [-0.3, -0.25) is 9.49 Å². The average molecular weight is 623 g/mol. The molecule has 224 valence electrons. The zero-order valence-electron chi connectivity index (χ0n) is 26.5. The number of hydrogen-bond acceptors (Lipinski definition) is 2. The first-order chi connectivity index (χ1) is 21.9. The molecule has 0 aromatic heterocycles. The molecule has 0 heterocycles. The molecule has 6 rings (SSSR count). The molecule has 0 aliphatic rings. The molecule has 0 bridgehead atoms. The highest BCUT2D eigenvalue weighted by atomic mass is 31.2. The number of hydrogen-bond donors (Lipinski definition) is 0. The van der Waals surface area contributed by atoms with Crippen LogP contribution in [0.15, 0.2) is 167 Å². The van der Waals surface area contributed by atoms with Crippen molar-refractivity contribution in [1.82, 2.24) is 0 Å². The van der Waals surface area contributed by atoms with Crippen molar-refractivity contribution in [2.24, 2.45) is 9.49 Å². The molecule has 45 heavy (non-hydrogen) atoms. The van der Waals surface area contributed by atoms with E-state index in [2.05, 4.69) is 185 Å². The predicted molar refractivity (Wildman–Crippen MR) is 199 cm³/mol. The summed E-state index contributed by atoms with van der Waals surface area (Å²) < 4.78 is 12.1. The second kappa shape index (κ2) is 13.4. The van der Waals surface area contributed by atoms with E-state index in [1.807, 2.05) is 0 Å². The van der Waals surface area contributed by atoms with Crippen LogP contribution in [0.5, 0.6) is 0 Å². The van der Waals surface area contributed by atoms with Crippen molar-refractivity contribution in [3.63, 3.8) is 0 Å². The Hall–Kier alpha value is -4.22. The molecular weight excluding hydrogens is 582 g/mol. The van der Waals surface area contributed by atoms with Crippen molar-refractivity contribution in [3.8, 4) is 0 Å². The van der Waals surface area contributed by atoms with Crippen molar-refractivity contribution in [2.75, 3.05) is 5.90 Å². The van der Waals surface area contributed by atoms with E-state index in [4.69, 9.17) is 9.49 Å². The van der Waals surface area contributed by atoms with E-state index in [0.29, 0.717) is 0 Å². The minimum absolute atomic E-state index is 0.795. The maximum absolute atomic E-state index is 6.03. The van der Waals surface area contributed by atoms with Gasteiger partial charge >= 0.3 is 0 Å².